The van der Waals surface area contributed by atoms with Crippen LogP contribution in [-0.2, 0) is 0 Å². The van der Waals surface area contributed by atoms with Crippen LogP contribution in [0.5, 0.6) is 0 Å². The zero-order chi connectivity index (χ0) is 9.10. The van der Waals surface area contributed by atoms with Crippen molar-refractivity contribution < 1.29 is 4.79 Å². The van der Waals surface area contributed by atoms with Gasteiger partial charge >= 0.3 is 0 Å². The molecule has 0 fully saturated rings. The third-order valence-corrected chi connectivity index (χ3v) is 2.13. The van der Waals surface area contributed by atoms with E-state index in [1.807, 2.05) is 24.3 Å². The molecule has 0 atom stereocenters. The van der Waals surface area contributed by atoms with E-state index < -0.39 is 0 Å². The number of nitrogens with one attached hydrogen (secondary N) is 2. The van der Waals surface area contributed by atoms with Crippen LogP contribution in [0.15, 0.2) is 24.3 Å². The second kappa shape index (κ2) is 3.47. The van der Waals surface area contributed by atoms with Crippen LogP contribution in [0.3, 0.4) is 0 Å². The summed E-state index contributed by atoms with van der Waals surface area (Å²) in [6, 6.07) is 7.58. The van der Waals surface area contributed by atoms with Gasteiger partial charge in [-0.15, -0.1) is 0 Å². The molecule has 3 nitrogen and oxygen atoms in total. The molecule has 0 aromatic heterocycles. The fourth-order valence-electron chi connectivity index (χ4n) is 1.44. The highest BCUT2D eigenvalue weighted by atomic mass is 16.1. The number of carbonyl (C=O) groups is 1. The number of fused-ring (bicyclic) bond motifs is 1. The molecule has 2 rings (SSSR count). The zero-order valence-corrected chi connectivity index (χ0v) is 7.34. The maximum absolute atomic E-state index is 11.5. The van der Waals surface area contributed by atoms with Gasteiger partial charge in [-0.3, -0.25) is 4.79 Å². The molecule has 1 aliphatic rings. The van der Waals surface area contributed by atoms with Crippen molar-refractivity contribution in [3.63, 3.8) is 0 Å². The monoisotopic (exact) mass is 176 g/mol. The van der Waals surface area contributed by atoms with Crippen molar-refractivity contribution in [2.24, 2.45) is 0 Å². The van der Waals surface area contributed by atoms with Crippen molar-refractivity contribution in [3.8, 4) is 0 Å². The molecule has 1 heterocycles. The molecule has 0 aliphatic carbocycles. The van der Waals surface area contributed by atoms with Gasteiger partial charge in [0.15, 0.2) is 0 Å². The van der Waals surface area contributed by atoms with E-state index in [9.17, 15) is 4.79 Å². The Hall–Kier alpha value is -1.51. The van der Waals surface area contributed by atoms with Crippen LogP contribution in [0.25, 0.3) is 0 Å². The molecule has 1 amide bonds. The Kier molecular flexibility index (Phi) is 2.17. The summed E-state index contributed by atoms with van der Waals surface area (Å²) in [7, 11) is 0. The molecule has 0 unspecified atom stereocenters. The average molecular weight is 176 g/mol. The number of rotatable bonds is 0. The third-order valence-electron chi connectivity index (χ3n) is 2.13. The summed E-state index contributed by atoms with van der Waals surface area (Å²) >= 11 is 0. The Morgan fingerprint density at radius 3 is 2.77 bits per heavy atom. The Morgan fingerprint density at radius 2 is 1.85 bits per heavy atom. The van der Waals surface area contributed by atoms with Crippen LogP contribution in [0.4, 0.5) is 5.69 Å². The van der Waals surface area contributed by atoms with Crippen LogP contribution >= 0.6 is 0 Å². The van der Waals surface area contributed by atoms with Crippen molar-refractivity contribution >= 4 is 11.6 Å². The Bertz CT molecular complexity index is 322. The number of hydrogen-bond donors (Lipinski definition) is 2. The van der Waals surface area contributed by atoms with Crippen LogP contribution in [0.2, 0.25) is 0 Å². The highest BCUT2D eigenvalue weighted by molar-refractivity contribution is 5.99. The number of hydrogen-bond acceptors (Lipinski definition) is 2. The van der Waals surface area contributed by atoms with Gasteiger partial charge in [0, 0.05) is 18.8 Å². The van der Waals surface area contributed by atoms with Crippen molar-refractivity contribution in [2.45, 2.75) is 6.42 Å². The van der Waals surface area contributed by atoms with Gasteiger partial charge in [0.1, 0.15) is 0 Å². The standard InChI is InChI=1S/C10H12N2O/c13-10-8-4-1-2-5-9(8)11-6-3-7-12-10/h1-2,4-5,11H,3,6-7H2,(H,12,13). The van der Waals surface area contributed by atoms with Gasteiger partial charge in [-0.1, -0.05) is 12.1 Å². The first-order valence-corrected chi connectivity index (χ1v) is 4.49. The summed E-state index contributed by atoms with van der Waals surface area (Å²) in [6.45, 7) is 1.66. The van der Waals surface area contributed by atoms with E-state index in [-0.39, 0.29) is 5.91 Å². The summed E-state index contributed by atoms with van der Waals surface area (Å²) in [5.41, 5.74) is 1.67. The summed E-state index contributed by atoms with van der Waals surface area (Å²) in [4.78, 5) is 11.5. The molecule has 3 heteroatoms. The van der Waals surface area contributed by atoms with Crippen LogP contribution in [0.1, 0.15) is 16.8 Å². The molecule has 0 saturated carbocycles. The molecule has 2 N–H and O–H groups in total. The lowest BCUT2D eigenvalue weighted by Gasteiger charge is -2.15. The minimum Gasteiger partial charge on any atom is -0.384 e. The second-order valence-corrected chi connectivity index (χ2v) is 3.08. The van der Waals surface area contributed by atoms with Crippen LogP contribution in [-0.4, -0.2) is 19.0 Å². The molecule has 1 aliphatic heterocycles. The fourth-order valence-corrected chi connectivity index (χ4v) is 1.44. The minimum absolute atomic E-state index is 0.0165. The summed E-state index contributed by atoms with van der Waals surface area (Å²) in [5.74, 6) is 0.0165. The van der Waals surface area contributed by atoms with E-state index in [1.165, 1.54) is 0 Å². The number of benzene rings is 1. The van der Waals surface area contributed by atoms with E-state index in [1.54, 1.807) is 0 Å². The zero-order valence-electron chi connectivity index (χ0n) is 7.34. The van der Waals surface area contributed by atoms with Gasteiger partial charge in [-0.05, 0) is 18.6 Å². The molecule has 0 saturated heterocycles. The molecular weight excluding hydrogens is 164 g/mol. The Labute approximate surface area is 77.1 Å². The Morgan fingerprint density at radius 1 is 1.08 bits per heavy atom. The molecule has 1 aromatic carbocycles. The van der Waals surface area contributed by atoms with Gasteiger partial charge in [0.2, 0.25) is 0 Å². The van der Waals surface area contributed by atoms with Crippen molar-refractivity contribution in [2.75, 3.05) is 18.4 Å². The van der Waals surface area contributed by atoms with E-state index in [2.05, 4.69) is 10.6 Å². The molecular formula is C10H12N2O. The highest BCUT2D eigenvalue weighted by Crippen LogP contribution is 2.15. The summed E-state index contributed by atoms with van der Waals surface area (Å²) < 4.78 is 0. The smallest absolute Gasteiger partial charge is 0.253 e. The van der Waals surface area contributed by atoms with Crippen LogP contribution in [0, 0.1) is 0 Å². The van der Waals surface area contributed by atoms with Crippen molar-refractivity contribution in [3.05, 3.63) is 29.8 Å². The number of anilines is 1. The van der Waals surface area contributed by atoms with Gasteiger partial charge in [0.05, 0.1) is 5.56 Å². The van der Waals surface area contributed by atoms with Crippen LogP contribution < -0.4 is 10.6 Å². The van der Waals surface area contributed by atoms with E-state index in [0.29, 0.717) is 0 Å². The first kappa shape index (κ1) is 8.10. The third kappa shape index (κ3) is 1.64. The molecule has 0 spiro atoms. The van der Waals surface area contributed by atoms with Gasteiger partial charge < -0.3 is 10.6 Å². The van der Waals surface area contributed by atoms with Gasteiger partial charge in [-0.25, -0.2) is 0 Å². The quantitative estimate of drug-likeness (QED) is 0.624. The van der Waals surface area contributed by atoms with Gasteiger partial charge in [0.25, 0.3) is 5.91 Å². The fraction of sp³-hybridized carbons (Fsp3) is 0.300. The number of carbonyl (C=O) groups excluding carboxylic acids is 1. The number of amides is 1. The highest BCUT2D eigenvalue weighted by Gasteiger charge is 2.11. The number of para-hydroxylation sites is 1. The summed E-state index contributed by atoms with van der Waals surface area (Å²) in [5, 5.41) is 6.10. The van der Waals surface area contributed by atoms with Crippen molar-refractivity contribution in [1.29, 1.82) is 0 Å². The topological polar surface area (TPSA) is 41.1 Å². The maximum atomic E-state index is 11.5. The molecule has 0 bridgehead atoms. The summed E-state index contributed by atoms with van der Waals surface area (Å²) in [6.07, 6.45) is 0.972. The predicted octanol–water partition coefficient (Wildman–Crippen LogP) is 1.23. The maximum Gasteiger partial charge on any atom is 0.253 e. The molecule has 1 aromatic rings. The lowest BCUT2D eigenvalue weighted by Crippen LogP contribution is -2.29. The SMILES string of the molecule is O=C1NCCCNc2ccccc21. The first-order chi connectivity index (χ1) is 6.38. The average Bonchev–Trinajstić information content (AvgIpc) is 2.14. The Balaban J connectivity index is 2.37. The van der Waals surface area contributed by atoms with E-state index in [0.717, 1.165) is 30.8 Å². The lowest BCUT2D eigenvalue weighted by molar-refractivity contribution is 0.0953. The first-order valence-electron chi connectivity index (χ1n) is 4.49. The molecule has 0 radical (unpaired) electrons. The largest absolute Gasteiger partial charge is 0.384 e. The van der Waals surface area contributed by atoms with E-state index >= 15 is 0 Å². The lowest BCUT2D eigenvalue weighted by atomic mass is 10.1. The molecule has 13 heavy (non-hydrogen) atoms. The minimum atomic E-state index is 0.0165. The normalized spacial score (nSPS) is 16.2. The second-order valence-electron chi connectivity index (χ2n) is 3.08. The molecule has 68 valence electrons. The van der Waals surface area contributed by atoms with Crippen molar-refractivity contribution in [1.82, 2.24) is 5.32 Å². The van der Waals surface area contributed by atoms with E-state index in [4.69, 9.17) is 0 Å². The van der Waals surface area contributed by atoms with Gasteiger partial charge in [-0.2, -0.15) is 0 Å². The predicted molar refractivity (Wildman–Crippen MR) is 51.9 cm³/mol.